The molecule has 3 heteroatoms. The monoisotopic (exact) mass is 271 g/mol. The number of hydrogen-bond donors (Lipinski definition) is 1. The molecular formula is C14H19Cl2N. The molecule has 1 aromatic rings. The summed E-state index contributed by atoms with van der Waals surface area (Å²) in [7, 11) is 0. The maximum Gasteiger partial charge on any atom is 0.0719 e. The summed E-state index contributed by atoms with van der Waals surface area (Å²) in [5.41, 5.74) is 0.883. The van der Waals surface area contributed by atoms with E-state index in [1.165, 1.54) is 25.7 Å². The first-order chi connectivity index (χ1) is 8.16. The molecule has 1 saturated carbocycles. The molecule has 0 bridgehead atoms. The van der Waals surface area contributed by atoms with Gasteiger partial charge in [-0.15, -0.1) is 0 Å². The quantitative estimate of drug-likeness (QED) is 0.794. The lowest BCUT2D eigenvalue weighted by molar-refractivity contribution is 0.293. The maximum absolute atomic E-state index is 6.13. The van der Waals surface area contributed by atoms with Crippen LogP contribution >= 0.6 is 23.2 Å². The van der Waals surface area contributed by atoms with Crippen molar-refractivity contribution in [1.82, 2.24) is 0 Å². The van der Waals surface area contributed by atoms with Gasteiger partial charge in [-0.25, -0.2) is 0 Å². The van der Waals surface area contributed by atoms with E-state index in [1.54, 1.807) is 0 Å². The van der Waals surface area contributed by atoms with Crippen LogP contribution in [0.15, 0.2) is 18.2 Å². The Balaban J connectivity index is 1.93. The second kappa shape index (κ2) is 5.97. The first kappa shape index (κ1) is 13.0. The van der Waals surface area contributed by atoms with Gasteiger partial charge < -0.3 is 5.32 Å². The molecule has 1 nitrogen and oxygen atoms in total. The number of para-hydroxylation sites is 1. The molecule has 1 N–H and O–H groups in total. The fourth-order valence-electron chi connectivity index (χ4n) is 2.66. The Bertz CT molecular complexity index is 358. The normalized spacial score (nSPS) is 24.6. The van der Waals surface area contributed by atoms with Crippen LogP contribution in [0.2, 0.25) is 10.0 Å². The van der Waals surface area contributed by atoms with Crippen molar-refractivity contribution in [3.05, 3.63) is 28.2 Å². The number of hydrogen-bond acceptors (Lipinski definition) is 1. The zero-order chi connectivity index (χ0) is 12.3. The highest BCUT2D eigenvalue weighted by atomic mass is 35.5. The number of anilines is 1. The molecule has 1 aliphatic rings. The molecule has 94 valence electrons. The summed E-state index contributed by atoms with van der Waals surface area (Å²) in [6.45, 7) is 3.32. The topological polar surface area (TPSA) is 12.0 Å². The molecule has 0 spiro atoms. The molecule has 0 aromatic heterocycles. The Kier molecular flexibility index (Phi) is 4.58. The van der Waals surface area contributed by atoms with E-state index in [2.05, 4.69) is 12.2 Å². The van der Waals surface area contributed by atoms with Crippen LogP contribution in [-0.2, 0) is 0 Å². The van der Waals surface area contributed by atoms with Gasteiger partial charge in [0.05, 0.1) is 15.7 Å². The first-order valence-corrected chi connectivity index (χ1v) is 7.10. The second-order valence-electron chi connectivity index (χ2n) is 5.12. The van der Waals surface area contributed by atoms with E-state index in [9.17, 15) is 0 Å². The van der Waals surface area contributed by atoms with Gasteiger partial charge >= 0.3 is 0 Å². The summed E-state index contributed by atoms with van der Waals surface area (Å²) in [5.74, 6) is 1.61. The molecule has 2 unspecified atom stereocenters. The Labute approximate surface area is 114 Å². The van der Waals surface area contributed by atoms with Crippen LogP contribution in [0.3, 0.4) is 0 Å². The molecule has 1 fully saturated rings. The Morgan fingerprint density at radius 1 is 1.24 bits per heavy atom. The van der Waals surface area contributed by atoms with Gasteiger partial charge in [-0.3, -0.25) is 0 Å². The SMILES string of the molecule is CC1CCCC(CNc2c(Cl)cccc2Cl)C1. The maximum atomic E-state index is 6.13. The smallest absolute Gasteiger partial charge is 0.0719 e. The van der Waals surface area contributed by atoms with Crippen molar-refractivity contribution >= 4 is 28.9 Å². The minimum Gasteiger partial charge on any atom is -0.382 e. The van der Waals surface area contributed by atoms with Gasteiger partial charge in [0, 0.05) is 6.54 Å². The minimum atomic E-state index is 0.710. The molecule has 0 saturated heterocycles. The lowest BCUT2D eigenvalue weighted by Gasteiger charge is -2.27. The van der Waals surface area contributed by atoms with Crippen LogP contribution in [0.25, 0.3) is 0 Å². The Hall–Kier alpha value is -0.400. The van der Waals surface area contributed by atoms with E-state index < -0.39 is 0 Å². The summed E-state index contributed by atoms with van der Waals surface area (Å²) in [6.07, 6.45) is 5.36. The highest BCUT2D eigenvalue weighted by Crippen LogP contribution is 2.32. The standard InChI is InChI=1S/C14H19Cl2N/c1-10-4-2-5-11(8-10)9-17-14-12(15)6-3-7-13(14)16/h3,6-7,10-11,17H,2,4-5,8-9H2,1H3. The van der Waals surface area contributed by atoms with E-state index >= 15 is 0 Å². The molecule has 0 aliphatic heterocycles. The van der Waals surface area contributed by atoms with Crippen LogP contribution in [-0.4, -0.2) is 6.54 Å². The van der Waals surface area contributed by atoms with E-state index in [4.69, 9.17) is 23.2 Å². The van der Waals surface area contributed by atoms with Crippen molar-refractivity contribution in [3.63, 3.8) is 0 Å². The van der Waals surface area contributed by atoms with Gasteiger partial charge in [0.2, 0.25) is 0 Å². The number of rotatable bonds is 3. The van der Waals surface area contributed by atoms with Crippen molar-refractivity contribution in [2.24, 2.45) is 11.8 Å². The second-order valence-corrected chi connectivity index (χ2v) is 5.93. The van der Waals surface area contributed by atoms with Crippen LogP contribution in [0.5, 0.6) is 0 Å². The van der Waals surface area contributed by atoms with E-state index in [1.807, 2.05) is 18.2 Å². The van der Waals surface area contributed by atoms with Gasteiger partial charge in [0.25, 0.3) is 0 Å². The lowest BCUT2D eigenvalue weighted by Crippen LogP contribution is -2.21. The fraction of sp³-hybridized carbons (Fsp3) is 0.571. The highest BCUT2D eigenvalue weighted by Gasteiger charge is 2.19. The predicted octanol–water partition coefficient (Wildman–Crippen LogP) is 5.23. The number of benzene rings is 1. The summed E-state index contributed by atoms with van der Waals surface area (Å²) in [5, 5.41) is 4.83. The summed E-state index contributed by atoms with van der Waals surface area (Å²) < 4.78 is 0. The summed E-state index contributed by atoms with van der Waals surface area (Å²) in [6, 6.07) is 5.62. The van der Waals surface area contributed by atoms with E-state index in [0.717, 1.165) is 24.1 Å². The van der Waals surface area contributed by atoms with Crippen molar-refractivity contribution < 1.29 is 0 Å². The Morgan fingerprint density at radius 2 is 1.94 bits per heavy atom. The molecule has 1 aromatic carbocycles. The van der Waals surface area contributed by atoms with Gasteiger partial charge in [0.1, 0.15) is 0 Å². The van der Waals surface area contributed by atoms with Gasteiger partial charge in [-0.1, -0.05) is 49.0 Å². The number of halogens is 2. The molecule has 17 heavy (non-hydrogen) atoms. The largest absolute Gasteiger partial charge is 0.382 e. The third-order valence-corrected chi connectivity index (χ3v) is 4.21. The van der Waals surface area contributed by atoms with Crippen LogP contribution in [0, 0.1) is 11.8 Å². The molecule has 2 rings (SSSR count). The van der Waals surface area contributed by atoms with Crippen LogP contribution in [0.1, 0.15) is 32.6 Å². The van der Waals surface area contributed by atoms with Crippen molar-refractivity contribution in [2.45, 2.75) is 32.6 Å². The summed E-state index contributed by atoms with van der Waals surface area (Å²) in [4.78, 5) is 0. The van der Waals surface area contributed by atoms with E-state index in [-0.39, 0.29) is 0 Å². The van der Waals surface area contributed by atoms with Crippen molar-refractivity contribution in [3.8, 4) is 0 Å². The number of nitrogens with one attached hydrogen (secondary N) is 1. The summed E-state index contributed by atoms with van der Waals surface area (Å²) >= 11 is 12.3. The predicted molar refractivity (Wildman–Crippen MR) is 76.1 cm³/mol. The molecule has 0 heterocycles. The average Bonchev–Trinajstić information content (AvgIpc) is 2.28. The molecule has 0 amide bonds. The average molecular weight is 272 g/mol. The third kappa shape index (κ3) is 3.53. The molecular weight excluding hydrogens is 253 g/mol. The van der Waals surface area contributed by atoms with Gasteiger partial charge in [-0.2, -0.15) is 0 Å². The fourth-order valence-corrected chi connectivity index (χ4v) is 3.19. The highest BCUT2D eigenvalue weighted by molar-refractivity contribution is 6.39. The minimum absolute atomic E-state index is 0.710. The zero-order valence-electron chi connectivity index (χ0n) is 10.2. The van der Waals surface area contributed by atoms with Crippen molar-refractivity contribution in [2.75, 3.05) is 11.9 Å². The molecule has 0 radical (unpaired) electrons. The molecule has 2 atom stereocenters. The molecule has 1 aliphatic carbocycles. The van der Waals surface area contributed by atoms with Gasteiger partial charge in [0.15, 0.2) is 0 Å². The van der Waals surface area contributed by atoms with E-state index in [0.29, 0.717) is 10.0 Å². The lowest BCUT2D eigenvalue weighted by atomic mass is 9.82. The van der Waals surface area contributed by atoms with Crippen LogP contribution < -0.4 is 5.32 Å². The van der Waals surface area contributed by atoms with Crippen molar-refractivity contribution in [1.29, 1.82) is 0 Å². The van der Waals surface area contributed by atoms with Gasteiger partial charge in [-0.05, 0) is 36.8 Å². The first-order valence-electron chi connectivity index (χ1n) is 6.34. The zero-order valence-corrected chi connectivity index (χ0v) is 11.7. The third-order valence-electron chi connectivity index (χ3n) is 3.58. The Morgan fingerprint density at radius 3 is 2.59 bits per heavy atom. The van der Waals surface area contributed by atoms with Crippen LogP contribution in [0.4, 0.5) is 5.69 Å².